The van der Waals surface area contributed by atoms with Gasteiger partial charge in [0.1, 0.15) is 0 Å². The van der Waals surface area contributed by atoms with E-state index in [1.54, 1.807) is 24.9 Å². The van der Waals surface area contributed by atoms with Gasteiger partial charge in [0.25, 0.3) is 5.91 Å². The predicted molar refractivity (Wildman–Crippen MR) is 65.8 cm³/mol. The number of hydrogen-bond acceptors (Lipinski definition) is 3. The number of aryl methyl sites for hydroxylation is 2. The number of nitrogens with zero attached hydrogens (tertiary/aromatic N) is 2. The monoisotopic (exact) mass is 239 g/mol. The lowest BCUT2D eigenvalue weighted by molar-refractivity contribution is 0.0518. The van der Waals surface area contributed by atoms with Crippen molar-refractivity contribution in [3.63, 3.8) is 0 Å². The van der Waals surface area contributed by atoms with Gasteiger partial charge in [0.15, 0.2) is 0 Å². The number of amides is 1. The standard InChI is InChI=1S/C12H21N3O2/c1-5-10-9(7-15(4)14-10)11(16)13-8-12(3,17)6-2/h7,17H,5-6,8H2,1-4H3,(H,13,16). The molecule has 0 saturated heterocycles. The van der Waals surface area contributed by atoms with Crippen molar-refractivity contribution < 1.29 is 9.90 Å². The van der Waals surface area contributed by atoms with Crippen LogP contribution in [0, 0.1) is 0 Å². The molecule has 0 fully saturated rings. The molecular weight excluding hydrogens is 218 g/mol. The van der Waals surface area contributed by atoms with Gasteiger partial charge in [-0.15, -0.1) is 0 Å². The third-order valence-electron chi connectivity index (χ3n) is 2.88. The van der Waals surface area contributed by atoms with E-state index in [-0.39, 0.29) is 12.5 Å². The normalized spacial score (nSPS) is 14.4. The van der Waals surface area contributed by atoms with E-state index in [1.165, 1.54) is 0 Å². The zero-order chi connectivity index (χ0) is 13.1. The van der Waals surface area contributed by atoms with Crippen LogP contribution in [0.2, 0.25) is 0 Å². The van der Waals surface area contributed by atoms with Crippen LogP contribution in [0.1, 0.15) is 43.2 Å². The highest BCUT2D eigenvalue weighted by atomic mass is 16.3. The minimum atomic E-state index is -0.857. The van der Waals surface area contributed by atoms with Gasteiger partial charge in [0.2, 0.25) is 0 Å². The summed E-state index contributed by atoms with van der Waals surface area (Å²) in [6, 6.07) is 0. The molecule has 5 heteroatoms. The summed E-state index contributed by atoms with van der Waals surface area (Å²) in [6.07, 6.45) is 3.02. The number of carbonyl (C=O) groups is 1. The number of aromatic nitrogens is 2. The Balaban J connectivity index is 2.70. The van der Waals surface area contributed by atoms with E-state index in [4.69, 9.17) is 0 Å². The molecule has 1 atom stereocenters. The van der Waals surface area contributed by atoms with Crippen LogP contribution >= 0.6 is 0 Å². The molecule has 0 aliphatic carbocycles. The molecule has 1 aromatic rings. The van der Waals surface area contributed by atoms with Gasteiger partial charge in [-0.25, -0.2) is 0 Å². The summed E-state index contributed by atoms with van der Waals surface area (Å²) in [7, 11) is 1.79. The van der Waals surface area contributed by atoms with Crippen molar-refractivity contribution in [3.05, 3.63) is 17.5 Å². The van der Waals surface area contributed by atoms with Crippen molar-refractivity contribution in [1.29, 1.82) is 0 Å². The Hall–Kier alpha value is -1.36. The van der Waals surface area contributed by atoms with Crippen LogP contribution < -0.4 is 5.32 Å². The Bertz CT molecular complexity index is 396. The first-order valence-electron chi connectivity index (χ1n) is 5.92. The van der Waals surface area contributed by atoms with Crippen molar-refractivity contribution in [2.45, 2.75) is 39.2 Å². The summed E-state index contributed by atoms with van der Waals surface area (Å²) in [5.74, 6) is -0.177. The summed E-state index contributed by atoms with van der Waals surface area (Å²) in [6.45, 7) is 5.80. The second kappa shape index (κ2) is 5.31. The van der Waals surface area contributed by atoms with Gasteiger partial charge in [0.05, 0.1) is 16.9 Å². The van der Waals surface area contributed by atoms with Crippen molar-refractivity contribution in [2.24, 2.45) is 7.05 Å². The lowest BCUT2D eigenvalue weighted by atomic mass is 10.0. The first kappa shape index (κ1) is 13.7. The fourth-order valence-electron chi connectivity index (χ4n) is 1.48. The predicted octanol–water partition coefficient (Wildman–Crippen LogP) is 0.873. The van der Waals surface area contributed by atoms with Gasteiger partial charge in [-0.1, -0.05) is 13.8 Å². The summed E-state index contributed by atoms with van der Waals surface area (Å²) in [5, 5.41) is 16.8. The van der Waals surface area contributed by atoms with Crippen LogP contribution in [0.3, 0.4) is 0 Å². The van der Waals surface area contributed by atoms with Gasteiger partial charge in [0, 0.05) is 19.8 Å². The van der Waals surface area contributed by atoms with Gasteiger partial charge >= 0.3 is 0 Å². The van der Waals surface area contributed by atoms with Crippen LogP contribution in [0.25, 0.3) is 0 Å². The number of nitrogens with one attached hydrogen (secondary N) is 1. The highest BCUT2D eigenvalue weighted by Gasteiger charge is 2.20. The summed E-state index contributed by atoms with van der Waals surface area (Å²) in [5.41, 5.74) is 0.507. The highest BCUT2D eigenvalue weighted by molar-refractivity contribution is 5.95. The number of carbonyl (C=O) groups excluding carboxylic acids is 1. The maximum atomic E-state index is 11.9. The topological polar surface area (TPSA) is 67.2 Å². The first-order chi connectivity index (χ1) is 7.89. The Morgan fingerprint density at radius 2 is 2.24 bits per heavy atom. The molecule has 2 N–H and O–H groups in total. The molecule has 0 aromatic carbocycles. The van der Waals surface area contributed by atoms with Gasteiger partial charge in [-0.3, -0.25) is 9.48 Å². The van der Waals surface area contributed by atoms with Crippen LogP contribution in [0.15, 0.2) is 6.20 Å². The fraction of sp³-hybridized carbons (Fsp3) is 0.667. The summed E-state index contributed by atoms with van der Waals surface area (Å²) >= 11 is 0. The molecule has 96 valence electrons. The van der Waals surface area contributed by atoms with Crippen LogP contribution in [-0.4, -0.2) is 32.9 Å². The molecule has 0 aliphatic heterocycles. The maximum absolute atomic E-state index is 11.9. The fourth-order valence-corrected chi connectivity index (χ4v) is 1.48. The smallest absolute Gasteiger partial charge is 0.254 e. The average molecular weight is 239 g/mol. The second-order valence-corrected chi connectivity index (χ2v) is 4.55. The Labute approximate surface area is 102 Å². The van der Waals surface area contributed by atoms with Gasteiger partial charge in [-0.05, 0) is 19.8 Å². The molecule has 1 unspecified atom stereocenters. The SMILES string of the molecule is CCc1nn(C)cc1C(=O)NCC(C)(O)CC. The minimum Gasteiger partial charge on any atom is -0.388 e. The van der Waals surface area contributed by atoms with E-state index < -0.39 is 5.60 Å². The molecule has 1 amide bonds. The van der Waals surface area contributed by atoms with E-state index in [0.717, 1.165) is 5.69 Å². The van der Waals surface area contributed by atoms with E-state index in [9.17, 15) is 9.90 Å². The van der Waals surface area contributed by atoms with Crippen molar-refractivity contribution >= 4 is 5.91 Å². The van der Waals surface area contributed by atoms with E-state index in [1.807, 2.05) is 13.8 Å². The van der Waals surface area contributed by atoms with E-state index in [2.05, 4.69) is 10.4 Å². The maximum Gasteiger partial charge on any atom is 0.254 e. The number of rotatable bonds is 5. The lowest BCUT2D eigenvalue weighted by Crippen LogP contribution is -2.40. The van der Waals surface area contributed by atoms with Crippen LogP contribution in [0.4, 0.5) is 0 Å². The molecule has 1 heterocycles. The summed E-state index contributed by atoms with van der Waals surface area (Å²) < 4.78 is 1.63. The molecule has 1 rings (SSSR count). The molecule has 1 aromatic heterocycles. The van der Waals surface area contributed by atoms with Crippen molar-refractivity contribution in [2.75, 3.05) is 6.54 Å². The molecule has 0 bridgehead atoms. The average Bonchev–Trinajstić information content (AvgIpc) is 2.67. The lowest BCUT2D eigenvalue weighted by Gasteiger charge is -2.21. The van der Waals surface area contributed by atoms with E-state index >= 15 is 0 Å². The van der Waals surface area contributed by atoms with Crippen molar-refractivity contribution in [1.82, 2.24) is 15.1 Å². The summed E-state index contributed by atoms with van der Waals surface area (Å²) in [4.78, 5) is 11.9. The third kappa shape index (κ3) is 3.56. The van der Waals surface area contributed by atoms with Crippen molar-refractivity contribution in [3.8, 4) is 0 Å². The van der Waals surface area contributed by atoms with Crippen LogP contribution in [-0.2, 0) is 13.5 Å². The quantitative estimate of drug-likeness (QED) is 0.801. The zero-order valence-corrected chi connectivity index (χ0v) is 10.9. The van der Waals surface area contributed by atoms with E-state index in [0.29, 0.717) is 18.4 Å². The van der Waals surface area contributed by atoms with Crippen LogP contribution in [0.5, 0.6) is 0 Å². The molecule has 0 radical (unpaired) electrons. The molecule has 0 spiro atoms. The molecule has 0 saturated carbocycles. The Morgan fingerprint density at radius 3 is 2.76 bits per heavy atom. The second-order valence-electron chi connectivity index (χ2n) is 4.55. The molecule has 0 aliphatic rings. The minimum absolute atomic E-state index is 0.177. The molecule has 5 nitrogen and oxygen atoms in total. The third-order valence-corrected chi connectivity index (χ3v) is 2.88. The highest BCUT2D eigenvalue weighted by Crippen LogP contribution is 2.09. The number of hydrogen-bond donors (Lipinski definition) is 2. The zero-order valence-electron chi connectivity index (χ0n) is 10.9. The van der Waals surface area contributed by atoms with Gasteiger partial charge in [-0.2, -0.15) is 5.10 Å². The molecular formula is C12H21N3O2. The van der Waals surface area contributed by atoms with Gasteiger partial charge < -0.3 is 10.4 Å². The largest absolute Gasteiger partial charge is 0.388 e. The Kier molecular flexibility index (Phi) is 4.28. The Morgan fingerprint density at radius 1 is 1.59 bits per heavy atom. The molecule has 17 heavy (non-hydrogen) atoms. The number of aliphatic hydroxyl groups is 1. The first-order valence-corrected chi connectivity index (χ1v) is 5.92.